The molecule has 0 fully saturated rings. The predicted molar refractivity (Wildman–Crippen MR) is 56.9 cm³/mol. The lowest BCUT2D eigenvalue weighted by molar-refractivity contribution is -0.174. The van der Waals surface area contributed by atoms with Gasteiger partial charge in [0.05, 0.1) is 7.11 Å². The Hall–Kier alpha value is -1.45. The number of carbonyl (C=O) groups is 3. The van der Waals surface area contributed by atoms with Crippen LogP contribution in [0.2, 0.25) is 0 Å². The van der Waals surface area contributed by atoms with Crippen LogP contribution in [0.15, 0.2) is 0 Å². The van der Waals surface area contributed by atoms with Gasteiger partial charge >= 0.3 is 18.1 Å². The third-order valence-corrected chi connectivity index (χ3v) is 2.06. The van der Waals surface area contributed by atoms with Crippen molar-refractivity contribution in [1.29, 1.82) is 0 Å². The van der Waals surface area contributed by atoms with Crippen molar-refractivity contribution in [2.24, 2.45) is 0 Å². The third kappa shape index (κ3) is 5.75. The highest BCUT2D eigenvalue weighted by Gasteiger charge is 2.40. The first-order valence-electron chi connectivity index (χ1n) is 4.55. The van der Waals surface area contributed by atoms with E-state index in [0.29, 0.717) is 0 Å². The number of nitrogens with one attached hydrogen (secondary N) is 2. The second-order valence-corrected chi connectivity index (χ2v) is 3.37. The van der Waals surface area contributed by atoms with Gasteiger partial charge in [-0.2, -0.15) is 25.8 Å². The molecule has 0 aliphatic rings. The zero-order valence-electron chi connectivity index (χ0n) is 9.21. The van der Waals surface area contributed by atoms with Crippen LogP contribution in [0.4, 0.5) is 13.2 Å². The normalized spacial score (nSPS) is 12.5. The number of halogens is 3. The molecule has 0 aromatic heterocycles. The van der Waals surface area contributed by atoms with Crippen LogP contribution in [-0.2, 0) is 19.1 Å². The maximum Gasteiger partial charge on any atom is 0.471 e. The third-order valence-electron chi connectivity index (χ3n) is 1.70. The minimum Gasteiger partial charge on any atom is -0.468 e. The number of esters is 1. The van der Waals surface area contributed by atoms with E-state index in [1.807, 2.05) is 5.32 Å². The molecule has 10 heteroatoms. The Bertz CT molecular complexity index is 335. The van der Waals surface area contributed by atoms with Gasteiger partial charge in [-0.3, -0.25) is 14.4 Å². The van der Waals surface area contributed by atoms with Crippen molar-refractivity contribution in [3.8, 4) is 0 Å². The molecule has 0 aliphatic heterocycles. The number of thiol groups is 1. The average Bonchev–Trinajstić information content (AvgIpc) is 2.30. The summed E-state index contributed by atoms with van der Waals surface area (Å²) in [6.45, 7) is -0.512. The summed E-state index contributed by atoms with van der Waals surface area (Å²) in [6.07, 6.45) is -5.09. The zero-order chi connectivity index (χ0) is 14.3. The van der Waals surface area contributed by atoms with Gasteiger partial charge in [0.2, 0.25) is 5.91 Å². The smallest absolute Gasteiger partial charge is 0.468 e. The lowest BCUT2D eigenvalue weighted by Crippen LogP contribution is -2.52. The van der Waals surface area contributed by atoms with Crippen LogP contribution in [-0.4, -0.2) is 49.4 Å². The molecule has 0 aromatic carbocycles. The summed E-state index contributed by atoms with van der Waals surface area (Å²) in [7, 11) is 1.08. The maximum atomic E-state index is 11.9. The molecule has 0 aromatic rings. The fraction of sp³-hybridized carbons (Fsp3) is 0.625. The Morgan fingerprint density at radius 1 is 1.33 bits per heavy atom. The Balaban J connectivity index is 4.37. The fourth-order valence-corrected chi connectivity index (χ4v) is 1.05. The summed E-state index contributed by atoms with van der Waals surface area (Å²) >= 11 is 3.63. The SMILES string of the molecule is COC(=O)CNC(=O)C(CS)NC(=O)C(F)(F)F. The van der Waals surface area contributed by atoms with Crippen molar-refractivity contribution in [1.82, 2.24) is 10.6 Å². The van der Waals surface area contributed by atoms with E-state index >= 15 is 0 Å². The van der Waals surface area contributed by atoms with E-state index in [1.165, 1.54) is 5.32 Å². The van der Waals surface area contributed by atoms with Crippen molar-refractivity contribution in [2.45, 2.75) is 12.2 Å². The van der Waals surface area contributed by atoms with Gasteiger partial charge < -0.3 is 15.4 Å². The number of alkyl halides is 3. The molecular weight excluding hydrogens is 277 g/mol. The second-order valence-electron chi connectivity index (χ2n) is 3.00. The van der Waals surface area contributed by atoms with Crippen molar-refractivity contribution in [3.05, 3.63) is 0 Å². The molecule has 0 aliphatic carbocycles. The monoisotopic (exact) mass is 288 g/mol. The van der Waals surface area contributed by atoms with Crippen molar-refractivity contribution in [2.75, 3.05) is 19.4 Å². The highest BCUT2D eigenvalue weighted by atomic mass is 32.1. The molecule has 2 N–H and O–H groups in total. The molecule has 0 heterocycles. The molecule has 1 unspecified atom stereocenters. The molecule has 0 bridgehead atoms. The zero-order valence-corrected chi connectivity index (χ0v) is 10.1. The van der Waals surface area contributed by atoms with Gasteiger partial charge in [-0.05, 0) is 0 Å². The molecule has 0 rings (SSSR count). The average molecular weight is 288 g/mol. The van der Waals surface area contributed by atoms with E-state index in [9.17, 15) is 27.6 Å². The minimum atomic E-state index is -5.09. The molecule has 0 radical (unpaired) electrons. The van der Waals surface area contributed by atoms with Gasteiger partial charge in [-0.1, -0.05) is 0 Å². The van der Waals surface area contributed by atoms with Gasteiger partial charge in [0, 0.05) is 5.75 Å². The highest BCUT2D eigenvalue weighted by Crippen LogP contribution is 2.14. The molecule has 104 valence electrons. The summed E-state index contributed by atoms with van der Waals surface area (Å²) in [4.78, 5) is 32.6. The summed E-state index contributed by atoms with van der Waals surface area (Å²) in [6, 6.07) is -1.49. The van der Waals surface area contributed by atoms with Gasteiger partial charge in [0.15, 0.2) is 0 Å². The van der Waals surface area contributed by atoms with E-state index in [1.54, 1.807) is 0 Å². The summed E-state index contributed by atoms with van der Waals surface area (Å²) in [5.41, 5.74) is 0. The lowest BCUT2D eigenvalue weighted by atomic mass is 10.3. The summed E-state index contributed by atoms with van der Waals surface area (Å²) in [5, 5.41) is 3.44. The Morgan fingerprint density at radius 3 is 2.28 bits per heavy atom. The number of rotatable bonds is 5. The van der Waals surface area contributed by atoms with Crippen molar-refractivity contribution >= 4 is 30.4 Å². The van der Waals surface area contributed by atoms with Crippen LogP contribution in [0.5, 0.6) is 0 Å². The Morgan fingerprint density at radius 2 is 1.89 bits per heavy atom. The van der Waals surface area contributed by atoms with E-state index in [-0.39, 0.29) is 5.75 Å². The Labute approximate surface area is 106 Å². The summed E-state index contributed by atoms with van der Waals surface area (Å²) < 4.78 is 40.0. The van der Waals surface area contributed by atoms with Gasteiger partial charge in [-0.25, -0.2) is 0 Å². The van der Waals surface area contributed by atoms with Gasteiger partial charge in [-0.15, -0.1) is 0 Å². The standard InChI is InChI=1S/C8H11F3N2O4S/c1-17-5(14)2-12-6(15)4(3-18)13-7(16)8(9,10)11/h4,18H,2-3H2,1H3,(H,12,15)(H,13,16). The van der Waals surface area contributed by atoms with E-state index < -0.39 is 36.5 Å². The predicted octanol–water partition coefficient (Wildman–Crippen LogP) is -0.748. The largest absolute Gasteiger partial charge is 0.471 e. The topological polar surface area (TPSA) is 84.5 Å². The van der Waals surface area contributed by atoms with Crippen molar-refractivity contribution in [3.63, 3.8) is 0 Å². The number of carbonyl (C=O) groups excluding carboxylic acids is 3. The number of amides is 2. The van der Waals surface area contributed by atoms with E-state index in [4.69, 9.17) is 0 Å². The van der Waals surface area contributed by atoms with Crippen LogP contribution in [0.1, 0.15) is 0 Å². The van der Waals surface area contributed by atoms with Crippen molar-refractivity contribution < 1.29 is 32.3 Å². The Kier molecular flexibility index (Phi) is 6.52. The van der Waals surface area contributed by atoms with Crippen LogP contribution in [0, 0.1) is 0 Å². The lowest BCUT2D eigenvalue weighted by Gasteiger charge is -2.16. The van der Waals surface area contributed by atoms with E-state index in [2.05, 4.69) is 17.4 Å². The number of ether oxygens (including phenoxy) is 1. The minimum absolute atomic E-state index is 0.352. The second kappa shape index (κ2) is 7.09. The number of hydrogen-bond donors (Lipinski definition) is 3. The van der Waals surface area contributed by atoms with Crippen LogP contribution < -0.4 is 10.6 Å². The van der Waals surface area contributed by atoms with Crippen LogP contribution in [0.3, 0.4) is 0 Å². The molecule has 0 saturated heterocycles. The highest BCUT2D eigenvalue weighted by molar-refractivity contribution is 7.80. The van der Waals surface area contributed by atoms with Gasteiger partial charge in [0.25, 0.3) is 0 Å². The first-order valence-corrected chi connectivity index (χ1v) is 5.18. The number of hydrogen-bond acceptors (Lipinski definition) is 5. The first-order chi connectivity index (χ1) is 8.22. The summed E-state index contributed by atoms with van der Waals surface area (Å²) in [5.74, 6) is -4.35. The molecular formula is C8H11F3N2O4S. The molecule has 0 spiro atoms. The molecule has 18 heavy (non-hydrogen) atoms. The fourth-order valence-electron chi connectivity index (χ4n) is 0.789. The van der Waals surface area contributed by atoms with Crippen LogP contribution >= 0.6 is 12.6 Å². The first kappa shape index (κ1) is 16.6. The molecule has 2 amide bonds. The molecule has 6 nitrogen and oxygen atoms in total. The number of methoxy groups -OCH3 is 1. The maximum absolute atomic E-state index is 11.9. The van der Waals surface area contributed by atoms with E-state index in [0.717, 1.165) is 7.11 Å². The quantitative estimate of drug-likeness (QED) is 0.459. The molecule has 1 atom stereocenters. The van der Waals surface area contributed by atoms with Crippen LogP contribution in [0.25, 0.3) is 0 Å². The van der Waals surface area contributed by atoms with Gasteiger partial charge in [0.1, 0.15) is 12.6 Å². The molecule has 0 saturated carbocycles.